The molecule has 0 aliphatic rings. The van der Waals surface area contributed by atoms with Crippen molar-refractivity contribution >= 4 is 0 Å². The molecule has 0 bridgehead atoms. The fraction of sp³-hybridized carbons (Fsp3) is 0.625. The number of hydrogen-bond acceptors (Lipinski definition) is 2. The maximum Gasteiger partial charge on any atom is 0.120 e. The average Bonchev–Trinajstić information content (AvgIpc) is 2.16. The van der Waals surface area contributed by atoms with Gasteiger partial charge in [-0.15, -0.1) is 0 Å². The Hall–Kier alpha value is -1.02. The first-order valence-electron chi connectivity index (χ1n) is 6.63. The van der Waals surface area contributed by atoms with Crippen LogP contribution in [0.25, 0.3) is 0 Å². The molecule has 18 heavy (non-hydrogen) atoms. The first-order chi connectivity index (χ1) is 8.09. The van der Waals surface area contributed by atoms with Crippen LogP contribution in [-0.2, 0) is 6.54 Å². The number of aromatic hydroxyl groups is 1. The van der Waals surface area contributed by atoms with Crippen LogP contribution >= 0.6 is 0 Å². The van der Waals surface area contributed by atoms with E-state index in [1.165, 1.54) is 5.56 Å². The van der Waals surface area contributed by atoms with E-state index in [0.29, 0.717) is 17.7 Å². The van der Waals surface area contributed by atoms with Gasteiger partial charge in [0.15, 0.2) is 0 Å². The highest BCUT2D eigenvalue weighted by atomic mass is 16.3. The number of benzene rings is 1. The Labute approximate surface area is 111 Å². The van der Waals surface area contributed by atoms with Gasteiger partial charge in [0.25, 0.3) is 0 Å². The van der Waals surface area contributed by atoms with Crippen molar-refractivity contribution in [2.75, 3.05) is 0 Å². The van der Waals surface area contributed by atoms with Gasteiger partial charge in [0.05, 0.1) is 0 Å². The maximum absolute atomic E-state index is 9.82. The molecule has 0 aliphatic carbocycles. The molecule has 0 unspecified atom stereocenters. The molecule has 102 valence electrons. The largest absolute Gasteiger partial charge is 0.508 e. The molecule has 2 heteroatoms. The van der Waals surface area contributed by atoms with Gasteiger partial charge in [-0.05, 0) is 38.7 Å². The summed E-state index contributed by atoms with van der Waals surface area (Å²) in [6.07, 6.45) is 1.09. The maximum atomic E-state index is 9.82. The van der Waals surface area contributed by atoms with Crippen LogP contribution in [0.3, 0.4) is 0 Å². The van der Waals surface area contributed by atoms with Crippen molar-refractivity contribution in [3.05, 3.63) is 29.3 Å². The van der Waals surface area contributed by atoms with Crippen LogP contribution in [0.5, 0.6) is 5.75 Å². The summed E-state index contributed by atoms with van der Waals surface area (Å²) in [5.41, 5.74) is 2.51. The monoisotopic (exact) mass is 249 g/mol. The third-order valence-corrected chi connectivity index (χ3v) is 2.96. The first kappa shape index (κ1) is 15.0. The Bertz CT molecular complexity index is 402. The van der Waals surface area contributed by atoms with E-state index < -0.39 is 0 Å². The van der Waals surface area contributed by atoms with E-state index in [0.717, 1.165) is 12.0 Å². The van der Waals surface area contributed by atoms with Crippen molar-refractivity contribution in [2.24, 2.45) is 5.41 Å². The summed E-state index contributed by atoms with van der Waals surface area (Å²) >= 11 is 0. The molecule has 1 aromatic rings. The molecule has 0 saturated carbocycles. The molecule has 2 nitrogen and oxygen atoms in total. The number of aryl methyl sites for hydroxylation is 1. The third kappa shape index (κ3) is 5.09. The highest BCUT2D eigenvalue weighted by Gasteiger charge is 2.24. The third-order valence-electron chi connectivity index (χ3n) is 2.96. The minimum absolute atomic E-state index is 0.0639. The van der Waals surface area contributed by atoms with Gasteiger partial charge in [0.2, 0.25) is 0 Å². The second-order valence-electron chi connectivity index (χ2n) is 7.11. The molecule has 0 atom stereocenters. The molecule has 0 radical (unpaired) electrons. The first-order valence-corrected chi connectivity index (χ1v) is 6.63. The zero-order chi connectivity index (χ0) is 14.0. The van der Waals surface area contributed by atoms with Crippen LogP contribution in [-0.4, -0.2) is 10.6 Å². The number of rotatable bonds is 4. The molecule has 1 aromatic carbocycles. The Kier molecular flexibility index (Phi) is 4.44. The summed E-state index contributed by atoms with van der Waals surface area (Å²) in [6.45, 7) is 13.9. The molecule has 1 rings (SSSR count). The predicted octanol–water partition coefficient (Wildman–Crippen LogP) is 4.01. The zero-order valence-corrected chi connectivity index (χ0v) is 12.6. The average molecular weight is 249 g/mol. The summed E-state index contributed by atoms with van der Waals surface area (Å²) in [5, 5.41) is 13.4. The van der Waals surface area contributed by atoms with E-state index in [1.54, 1.807) is 6.07 Å². The van der Waals surface area contributed by atoms with Crippen molar-refractivity contribution in [1.82, 2.24) is 5.32 Å². The van der Waals surface area contributed by atoms with Gasteiger partial charge in [0.1, 0.15) is 5.75 Å². The van der Waals surface area contributed by atoms with Crippen LogP contribution in [0.15, 0.2) is 18.2 Å². The number of nitrogens with one attached hydrogen (secondary N) is 1. The molecular formula is C16H27NO. The summed E-state index contributed by atoms with van der Waals surface area (Å²) in [5.74, 6) is 0.375. The van der Waals surface area contributed by atoms with E-state index >= 15 is 0 Å². The molecule has 0 aliphatic heterocycles. The van der Waals surface area contributed by atoms with Crippen molar-refractivity contribution < 1.29 is 5.11 Å². The molecular weight excluding hydrogens is 222 g/mol. The van der Waals surface area contributed by atoms with Gasteiger partial charge >= 0.3 is 0 Å². The van der Waals surface area contributed by atoms with Gasteiger partial charge in [-0.1, -0.05) is 38.5 Å². The van der Waals surface area contributed by atoms with E-state index in [-0.39, 0.29) is 5.54 Å². The van der Waals surface area contributed by atoms with Crippen LogP contribution in [0, 0.1) is 12.3 Å². The normalized spacial score (nSPS) is 12.8. The molecule has 0 fully saturated rings. The molecule has 0 aromatic heterocycles. The fourth-order valence-electron chi connectivity index (χ4n) is 2.58. The van der Waals surface area contributed by atoms with E-state index in [9.17, 15) is 5.11 Å². The van der Waals surface area contributed by atoms with Gasteiger partial charge in [-0.3, -0.25) is 0 Å². The highest BCUT2D eigenvalue weighted by molar-refractivity contribution is 5.35. The van der Waals surface area contributed by atoms with Crippen molar-refractivity contribution in [1.29, 1.82) is 0 Å². The second kappa shape index (κ2) is 5.31. The summed E-state index contributed by atoms with van der Waals surface area (Å²) < 4.78 is 0. The topological polar surface area (TPSA) is 32.3 Å². The number of phenols is 1. The van der Waals surface area contributed by atoms with Crippen LogP contribution in [0.1, 0.15) is 52.2 Å². The Balaban J connectivity index is 2.67. The van der Waals surface area contributed by atoms with Crippen molar-refractivity contribution in [2.45, 2.75) is 60.0 Å². The standard InChI is InChI=1S/C16H27NO/c1-12-7-8-14(18)13(9-12)10-17-16(5,6)11-15(2,3)4/h7-9,17-18H,10-11H2,1-6H3. The van der Waals surface area contributed by atoms with Crippen molar-refractivity contribution in [3.8, 4) is 5.75 Å². The lowest BCUT2D eigenvalue weighted by molar-refractivity contribution is 0.240. The summed E-state index contributed by atoms with van der Waals surface area (Å²) in [7, 11) is 0. The van der Waals surface area contributed by atoms with Gasteiger partial charge in [0, 0.05) is 17.6 Å². The van der Waals surface area contributed by atoms with Crippen LogP contribution < -0.4 is 5.32 Å². The molecule has 0 amide bonds. The number of hydrogen-bond donors (Lipinski definition) is 2. The van der Waals surface area contributed by atoms with E-state index in [4.69, 9.17) is 0 Å². The van der Waals surface area contributed by atoms with Crippen LogP contribution in [0.2, 0.25) is 0 Å². The van der Waals surface area contributed by atoms with E-state index in [2.05, 4.69) is 39.9 Å². The quantitative estimate of drug-likeness (QED) is 0.845. The number of phenolic OH excluding ortho intramolecular Hbond substituents is 1. The second-order valence-corrected chi connectivity index (χ2v) is 7.11. The molecule has 0 spiro atoms. The smallest absolute Gasteiger partial charge is 0.120 e. The zero-order valence-electron chi connectivity index (χ0n) is 12.6. The predicted molar refractivity (Wildman–Crippen MR) is 77.8 cm³/mol. The van der Waals surface area contributed by atoms with Crippen LogP contribution in [0.4, 0.5) is 0 Å². The molecule has 2 N–H and O–H groups in total. The molecule has 0 saturated heterocycles. The molecule has 0 heterocycles. The van der Waals surface area contributed by atoms with E-state index in [1.807, 2.05) is 19.1 Å². The Morgan fingerprint density at radius 2 is 1.72 bits per heavy atom. The lowest BCUT2D eigenvalue weighted by Crippen LogP contribution is -2.41. The lowest BCUT2D eigenvalue weighted by Gasteiger charge is -2.33. The fourth-order valence-corrected chi connectivity index (χ4v) is 2.58. The van der Waals surface area contributed by atoms with Crippen molar-refractivity contribution in [3.63, 3.8) is 0 Å². The Morgan fingerprint density at radius 3 is 2.28 bits per heavy atom. The summed E-state index contributed by atoms with van der Waals surface area (Å²) in [4.78, 5) is 0. The SMILES string of the molecule is Cc1ccc(O)c(CNC(C)(C)CC(C)(C)C)c1. The lowest BCUT2D eigenvalue weighted by atomic mass is 9.81. The minimum atomic E-state index is 0.0639. The Morgan fingerprint density at radius 1 is 1.11 bits per heavy atom. The minimum Gasteiger partial charge on any atom is -0.508 e. The van der Waals surface area contributed by atoms with Gasteiger partial charge in [-0.2, -0.15) is 0 Å². The van der Waals surface area contributed by atoms with Gasteiger partial charge in [-0.25, -0.2) is 0 Å². The summed E-state index contributed by atoms with van der Waals surface area (Å²) in [6, 6.07) is 5.73. The van der Waals surface area contributed by atoms with Gasteiger partial charge < -0.3 is 10.4 Å². The highest BCUT2D eigenvalue weighted by Crippen LogP contribution is 2.27.